The van der Waals surface area contributed by atoms with E-state index in [1.165, 1.54) is 18.2 Å². The van der Waals surface area contributed by atoms with Crippen molar-refractivity contribution in [3.8, 4) is 17.2 Å². The lowest BCUT2D eigenvalue weighted by molar-refractivity contribution is 0.103. The van der Waals surface area contributed by atoms with E-state index in [1.807, 2.05) is 30.3 Å². The number of ketones is 1. The second kappa shape index (κ2) is 9.46. The number of hydrogen-bond acceptors (Lipinski definition) is 6. The maximum Gasteiger partial charge on any atom is 0.193 e. The molecule has 0 heterocycles. The van der Waals surface area contributed by atoms with Crippen molar-refractivity contribution in [3.63, 3.8) is 0 Å². The first-order chi connectivity index (χ1) is 12.2. The highest BCUT2D eigenvalue weighted by Crippen LogP contribution is 2.34. The average molecular weight is 344 g/mol. The van der Waals surface area contributed by atoms with Crippen molar-refractivity contribution in [1.29, 1.82) is 0 Å². The summed E-state index contributed by atoms with van der Waals surface area (Å²) in [5.41, 5.74) is 0.827. The Balaban J connectivity index is 2.30. The number of aromatic hydroxyl groups is 1. The minimum atomic E-state index is -0.442. The van der Waals surface area contributed by atoms with E-state index >= 15 is 0 Å². The van der Waals surface area contributed by atoms with Gasteiger partial charge in [0.1, 0.15) is 36.0 Å². The summed E-state index contributed by atoms with van der Waals surface area (Å²) in [5, 5.41) is 28.0. The summed E-state index contributed by atoms with van der Waals surface area (Å²) in [6.45, 7) is -0.421. The molecule has 2 aromatic carbocycles. The number of aliphatic hydroxyl groups is 2. The van der Waals surface area contributed by atoms with E-state index in [4.69, 9.17) is 19.7 Å². The van der Waals surface area contributed by atoms with Crippen LogP contribution in [0.3, 0.4) is 0 Å². The van der Waals surface area contributed by atoms with Crippen molar-refractivity contribution in [3.05, 3.63) is 59.7 Å². The van der Waals surface area contributed by atoms with E-state index in [0.29, 0.717) is 0 Å². The molecule has 132 valence electrons. The molecule has 25 heavy (non-hydrogen) atoms. The Labute approximate surface area is 145 Å². The molecular weight excluding hydrogens is 324 g/mol. The fourth-order valence-electron chi connectivity index (χ4n) is 2.16. The molecule has 0 spiro atoms. The minimum Gasteiger partial charge on any atom is -0.507 e. The lowest BCUT2D eigenvalue weighted by Gasteiger charge is -2.13. The Morgan fingerprint density at radius 2 is 1.68 bits per heavy atom. The quantitative estimate of drug-likeness (QED) is 0.476. The molecule has 0 radical (unpaired) electrons. The molecule has 0 amide bonds. The predicted molar refractivity (Wildman–Crippen MR) is 93.1 cm³/mol. The third kappa shape index (κ3) is 5.34. The Hall–Kier alpha value is -2.83. The zero-order valence-electron chi connectivity index (χ0n) is 13.6. The highest BCUT2D eigenvalue weighted by atomic mass is 16.5. The number of carbonyl (C=O) groups excluding carboxylic acids is 1. The molecule has 2 rings (SSSR count). The van der Waals surface area contributed by atoms with Gasteiger partial charge in [-0.05, 0) is 11.6 Å². The minimum absolute atomic E-state index is 0.0167. The highest BCUT2D eigenvalue weighted by molar-refractivity contribution is 6.10. The maximum absolute atomic E-state index is 12.5. The van der Waals surface area contributed by atoms with Crippen LogP contribution >= 0.6 is 0 Å². The first-order valence-corrected chi connectivity index (χ1v) is 7.77. The normalized spacial score (nSPS) is 10.8. The summed E-state index contributed by atoms with van der Waals surface area (Å²) in [6, 6.07) is 12.0. The van der Waals surface area contributed by atoms with Crippen molar-refractivity contribution in [1.82, 2.24) is 0 Å². The smallest absolute Gasteiger partial charge is 0.193 e. The number of phenolic OH excluding ortho intramolecular Hbond substituents is 1. The van der Waals surface area contributed by atoms with Gasteiger partial charge in [0.25, 0.3) is 0 Å². The van der Waals surface area contributed by atoms with Crippen LogP contribution in [-0.2, 0) is 0 Å². The van der Waals surface area contributed by atoms with Gasteiger partial charge >= 0.3 is 0 Å². The number of benzene rings is 2. The molecule has 6 nitrogen and oxygen atoms in total. The van der Waals surface area contributed by atoms with Crippen LogP contribution in [-0.4, -0.2) is 47.5 Å². The van der Waals surface area contributed by atoms with Crippen molar-refractivity contribution in [2.24, 2.45) is 0 Å². The van der Waals surface area contributed by atoms with Gasteiger partial charge < -0.3 is 24.8 Å². The van der Waals surface area contributed by atoms with Crippen molar-refractivity contribution in [2.75, 3.05) is 26.4 Å². The molecule has 0 bridgehead atoms. The summed E-state index contributed by atoms with van der Waals surface area (Å²) in [5.74, 6) is -0.387. The summed E-state index contributed by atoms with van der Waals surface area (Å²) in [7, 11) is 0. The Morgan fingerprint density at radius 3 is 2.36 bits per heavy atom. The van der Waals surface area contributed by atoms with E-state index in [1.54, 1.807) is 6.08 Å². The monoisotopic (exact) mass is 344 g/mol. The van der Waals surface area contributed by atoms with Crippen LogP contribution in [0.4, 0.5) is 0 Å². The van der Waals surface area contributed by atoms with Crippen LogP contribution in [0.1, 0.15) is 15.9 Å². The van der Waals surface area contributed by atoms with Gasteiger partial charge in [0.05, 0.1) is 13.2 Å². The Morgan fingerprint density at radius 1 is 1.00 bits per heavy atom. The predicted octanol–water partition coefficient (Wildman–Crippen LogP) is 2.03. The number of allylic oxidation sites excluding steroid dienone is 1. The molecule has 3 N–H and O–H groups in total. The van der Waals surface area contributed by atoms with Gasteiger partial charge in [0, 0.05) is 12.1 Å². The Bertz CT molecular complexity index is 724. The molecule has 6 heteroatoms. The zero-order valence-corrected chi connectivity index (χ0v) is 13.6. The van der Waals surface area contributed by atoms with Gasteiger partial charge in [-0.15, -0.1) is 0 Å². The Kier molecular flexibility index (Phi) is 7.00. The van der Waals surface area contributed by atoms with Gasteiger partial charge in [-0.25, -0.2) is 0 Å². The van der Waals surface area contributed by atoms with E-state index in [0.717, 1.165) is 5.56 Å². The largest absolute Gasteiger partial charge is 0.507 e. The molecule has 0 aliphatic carbocycles. The topological polar surface area (TPSA) is 96.2 Å². The second-order valence-electron chi connectivity index (χ2n) is 5.07. The standard InChI is InChI=1S/C19H20O6/c20-8-10-24-15-12-17(23)19(18(13-15)25-11-9-21)16(22)7-6-14-4-2-1-3-5-14/h1-7,12-13,20-21,23H,8-11H2/b7-6+. The van der Waals surface area contributed by atoms with Gasteiger partial charge in [0.2, 0.25) is 0 Å². The van der Waals surface area contributed by atoms with E-state index in [-0.39, 0.29) is 49.2 Å². The molecule has 0 aliphatic rings. The summed E-state index contributed by atoms with van der Waals surface area (Å²) >= 11 is 0. The first-order valence-electron chi connectivity index (χ1n) is 7.77. The molecular formula is C19H20O6. The molecule has 0 saturated carbocycles. The van der Waals surface area contributed by atoms with Crippen molar-refractivity contribution < 1.29 is 29.6 Å². The highest BCUT2D eigenvalue weighted by Gasteiger charge is 2.18. The van der Waals surface area contributed by atoms with Crippen LogP contribution in [0.15, 0.2) is 48.5 Å². The van der Waals surface area contributed by atoms with Gasteiger partial charge in [-0.1, -0.05) is 36.4 Å². The van der Waals surface area contributed by atoms with Gasteiger partial charge in [0.15, 0.2) is 5.78 Å². The number of ether oxygens (including phenoxy) is 2. The van der Waals surface area contributed by atoms with Crippen LogP contribution in [0.25, 0.3) is 6.08 Å². The van der Waals surface area contributed by atoms with Crippen LogP contribution < -0.4 is 9.47 Å². The third-order valence-electron chi connectivity index (χ3n) is 3.24. The molecule has 2 aromatic rings. The lowest BCUT2D eigenvalue weighted by Crippen LogP contribution is -2.08. The fourth-order valence-corrected chi connectivity index (χ4v) is 2.16. The average Bonchev–Trinajstić information content (AvgIpc) is 2.63. The fraction of sp³-hybridized carbons (Fsp3) is 0.211. The molecule has 0 atom stereocenters. The SMILES string of the molecule is O=C(/C=C/c1ccccc1)c1c(O)cc(OCCO)cc1OCCO. The van der Waals surface area contributed by atoms with Crippen LogP contribution in [0.5, 0.6) is 17.2 Å². The number of aliphatic hydroxyl groups excluding tert-OH is 2. The number of hydrogen-bond donors (Lipinski definition) is 3. The maximum atomic E-state index is 12.5. The summed E-state index contributed by atoms with van der Waals surface area (Å²) < 4.78 is 10.6. The summed E-state index contributed by atoms with van der Waals surface area (Å²) in [6.07, 6.45) is 2.97. The van der Waals surface area contributed by atoms with Crippen LogP contribution in [0.2, 0.25) is 0 Å². The van der Waals surface area contributed by atoms with Crippen molar-refractivity contribution >= 4 is 11.9 Å². The van der Waals surface area contributed by atoms with Gasteiger partial charge in [-0.2, -0.15) is 0 Å². The van der Waals surface area contributed by atoms with E-state index < -0.39 is 5.78 Å². The number of carbonyl (C=O) groups is 1. The van der Waals surface area contributed by atoms with Crippen LogP contribution in [0, 0.1) is 0 Å². The second-order valence-corrected chi connectivity index (χ2v) is 5.07. The lowest BCUT2D eigenvalue weighted by atomic mass is 10.1. The van der Waals surface area contributed by atoms with E-state index in [2.05, 4.69) is 0 Å². The molecule has 0 aliphatic heterocycles. The van der Waals surface area contributed by atoms with Gasteiger partial charge in [-0.3, -0.25) is 4.79 Å². The molecule has 0 unspecified atom stereocenters. The van der Waals surface area contributed by atoms with Crippen molar-refractivity contribution in [2.45, 2.75) is 0 Å². The van der Waals surface area contributed by atoms with E-state index in [9.17, 15) is 9.90 Å². The summed E-state index contributed by atoms with van der Waals surface area (Å²) in [4.78, 5) is 12.5. The first kappa shape index (κ1) is 18.5. The number of rotatable bonds is 9. The molecule has 0 saturated heterocycles. The molecule has 0 fully saturated rings. The zero-order chi connectivity index (χ0) is 18.1. The number of phenols is 1. The third-order valence-corrected chi connectivity index (χ3v) is 3.24. The molecule has 0 aromatic heterocycles.